The monoisotopic (exact) mass is 151 g/mol. The molecular weight excluding hydrogens is 132 g/mol. The van der Waals surface area contributed by atoms with E-state index in [4.69, 9.17) is 12.3 Å². The normalized spacial score (nSPS) is 45.2. The predicted octanol–water partition coefficient (Wildman–Crippen LogP) is -1.04. The quantitative estimate of drug-likeness (QED) is 0.487. The van der Waals surface area contributed by atoms with Crippen molar-refractivity contribution in [3.8, 4) is 0 Å². The summed E-state index contributed by atoms with van der Waals surface area (Å²) < 4.78 is 65.1. The van der Waals surface area contributed by atoms with Gasteiger partial charge in [0.05, 0.1) is 5.48 Å². The highest BCUT2D eigenvalue weighted by Gasteiger charge is 2.23. The molecule has 0 spiro atoms. The number of rotatable bonds is 1. The standard InChI is InChI=1S/C6H10N2O2/c1-2-8-4-3-7-5(9)6(8)10/h2-4H2,1H3,(H,7,9)/i1D3,2D2,3D2,4D2. The molecule has 0 unspecified atom stereocenters. The van der Waals surface area contributed by atoms with E-state index in [-0.39, 0.29) is 0 Å². The first-order valence-electron chi connectivity index (χ1n) is 6.83. The van der Waals surface area contributed by atoms with Gasteiger partial charge in [0.25, 0.3) is 0 Å². The average molecular weight is 151 g/mol. The second kappa shape index (κ2) is 2.68. The summed E-state index contributed by atoms with van der Waals surface area (Å²) in [5, 5.41) is 1.43. The molecule has 0 aromatic rings. The number of carbonyl (C=O) groups is 2. The molecule has 1 rings (SSSR count). The van der Waals surface area contributed by atoms with Crippen LogP contribution in [0.15, 0.2) is 0 Å². The van der Waals surface area contributed by atoms with E-state index in [0.29, 0.717) is 0 Å². The molecule has 1 saturated heterocycles. The van der Waals surface area contributed by atoms with E-state index in [1.165, 1.54) is 5.32 Å². The Balaban J connectivity index is 3.45. The lowest BCUT2D eigenvalue weighted by Crippen LogP contribution is -2.51. The molecule has 1 heterocycles. The second-order valence-electron chi connectivity index (χ2n) is 1.44. The molecule has 0 aromatic carbocycles. The highest BCUT2D eigenvalue weighted by Crippen LogP contribution is 1.93. The maximum atomic E-state index is 11.5. The molecule has 0 atom stereocenters. The van der Waals surface area contributed by atoms with E-state index in [1.807, 2.05) is 0 Å². The van der Waals surface area contributed by atoms with Crippen LogP contribution in [0.25, 0.3) is 0 Å². The van der Waals surface area contributed by atoms with Gasteiger partial charge in [0.2, 0.25) is 0 Å². The van der Waals surface area contributed by atoms with E-state index in [1.54, 1.807) is 0 Å². The Labute approximate surface area is 71.8 Å². The lowest BCUT2D eigenvalue weighted by Gasteiger charge is -2.24. The van der Waals surface area contributed by atoms with Gasteiger partial charge in [-0.3, -0.25) is 9.59 Å². The number of carbonyl (C=O) groups excluding carboxylic acids is 2. The maximum Gasteiger partial charge on any atom is 0.311 e. The first-order chi connectivity index (χ1) is 8.16. The molecule has 1 aliphatic heterocycles. The fourth-order valence-corrected chi connectivity index (χ4v) is 0.425. The molecule has 0 saturated carbocycles. The van der Waals surface area contributed by atoms with Gasteiger partial charge in [-0.15, -0.1) is 0 Å². The summed E-state index contributed by atoms with van der Waals surface area (Å²) in [6.07, 6.45) is 0. The van der Waals surface area contributed by atoms with Gasteiger partial charge in [-0.25, -0.2) is 0 Å². The highest BCUT2D eigenvalue weighted by atomic mass is 16.2. The van der Waals surface area contributed by atoms with Crippen LogP contribution >= 0.6 is 0 Å². The molecular formula is C6H10N2O2. The van der Waals surface area contributed by atoms with E-state index in [0.717, 1.165) is 0 Å². The van der Waals surface area contributed by atoms with Crippen LogP contribution in [0.4, 0.5) is 0 Å². The Bertz CT molecular complexity index is 421. The van der Waals surface area contributed by atoms with Gasteiger partial charge < -0.3 is 10.2 Å². The van der Waals surface area contributed by atoms with Gasteiger partial charge in [0.1, 0.15) is 0 Å². The summed E-state index contributed by atoms with van der Waals surface area (Å²) in [4.78, 5) is 22.3. The third-order valence-corrected chi connectivity index (χ3v) is 0.853. The number of nitrogens with one attached hydrogen (secondary N) is 1. The fraction of sp³-hybridized carbons (Fsp3) is 0.667. The molecule has 1 aliphatic rings. The third kappa shape index (κ3) is 1.10. The largest absolute Gasteiger partial charge is 0.346 e. The lowest BCUT2D eigenvalue weighted by atomic mass is 10.3. The van der Waals surface area contributed by atoms with Crippen molar-refractivity contribution in [2.75, 3.05) is 19.5 Å². The molecule has 2 amide bonds. The summed E-state index contributed by atoms with van der Waals surface area (Å²) in [6.45, 7) is -13.5. The average Bonchev–Trinajstić information content (AvgIpc) is 2.11. The first kappa shape index (κ1) is 1.75. The van der Waals surface area contributed by atoms with Crippen molar-refractivity contribution in [1.82, 2.24) is 10.2 Å². The van der Waals surface area contributed by atoms with Crippen molar-refractivity contribution in [2.24, 2.45) is 0 Å². The molecule has 0 aromatic heterocycles. The second-order valence-corrected chi connectivity index (χ2v) is 1.44. The van der Waals surface area contributed by atoms with Crippen LogP contribution in [0.1, 0.15) is 19.2 Å². The van der Waals surface area contributed by atoms with Crippen molar-refractivity contribution in [1.29, 1.82) is 0 Å². The van der Waals surface area contributed by atoms with Crippen molar-refractivity contribution in [2.45, 2.75) is 6.85 Å². The molecule has 10 heavy (non-hydrogen) atoms. The van der Waals surface area contributed by atoms with Crippen molar-refractivity contribution in [3.63, 3.8) is 0 Å². The number of amides is 2. The molecule has 4 heteroatoms. The predicted molar refractivity (Wildman–Crippen MR) is 35.3 cm³/mol. The zero-order valence-corrected chi connectivity index (χ0v) is 4.76. The summed E-state index contributed by atoms with van der Waals surface area (Å²) in [7, 11) is 0. The summed E-state index contributed by atoms with van der Waals surface area (Å²) in [5.41, 5.74) is 0. The number of nitrogens with zero attached hydrogens (tertiary/aromatic N) is 1. The number of piperazine rings is 1. The maximum absolute atomic E-state index is 11.5. The highest BCUT2D eigenvalue weighted by molar-refractivity contribution is 6.35. The Morgan fingerprint density at radius 2 is 2.80 bits per heavy atom. The van der Waals surface area contributed by atoms with Crippen LogP contribution in [0.5, 0.6) is 0 Å². The van der Waals surface area contributed by atoms with E-state index >= 15 is 0 Å². The van der Waals surface area contributed by atoms with Crippen LogP contribution in [-0.2, 0) is 9.59 Å². The number of hydrogen-bond acceptors (Lipinski definition) is 2. The Morgan fingerprint density at radius 1 is 2.00 bits per heavy atom. The minimum atomic E-state index is -3.54. The topological polar surface area (TPSA) is 49.4 Å². The molecule has 1 N–H and O–H groups in total. The van der Waals surface area contributed by atoms with Crippen LogP contribution in [-0.4, -0.2) is 36.2 Å². The van der Waals surface area contributed by atoms with Gasteiger partial charge in [-0.2, -0.15) is 0 Å². The molecule has 1 fully saturated rings. The summed E-state index contributed by atoms with van der Waals surface area (Å²) in [5.74, 6) is -3.41. The zero-order valence-electron chi connectivity index (χ0n) is 13.8. The Morgan fingerprint density at radius 3 is 3.50 bits per heavy atom. The van der Waals surface area contributed by atoms with Gasteiger partial charge in [0, 0.05) is 26.3 Å². The minimum absolute atomic E-state index is 0.508. The van der Waals surface area contributed by atoms with E-state index < -0.39 is 43.1 Å². The lowest BCUT2D eigenvalue weighted by molar-refractivity contribution is -0.147. The van der Waals surface area contributed by atoms with Crippen molar-refractivity contribution < 1.29 is 21.9 Å². The molecule has 0 radical (unpaired) electrons. The van der Waals surface area contributed by atoms with Crippen LogP contribution in [0, 0.1) is 0 Å². The van der Waals surface area contributed by atoms with Gasteiger partial charge in [-0.05, 0) is 6.85 Å². The Kier molecular flexibility index (Phi) is 0.470. The molecule has 0 bridgehead atoms. The first-order valence-corrected chi connectivity index (χ1v) is 2.33. The van der Waals surface area contributed by atoms with Gasteiger partial charge in [0.15, 0.2) is 0 Å². The van der Waals surface area contributed by atoms with Crippen LogP contribution in [0.2, 0.25) is 0 Å². The summed E-state index contributed by atoms with van der Waals surface area (Å²) >= 11 is 0. The summed E-state index contributed by atoms with van der Waals surface area (Å²) in [6, 6.07) is 0. The van der Waals surface area contributed by atoms with Crippen LogP contribution < -0.4 is 5.32 Å². The molecule has 0 aliphatic carbocycles. The third-order valence-electron chi connectivity index (χ3n) is 0.853. The smallest absolute Gasteiger partial charge is 0.311 e. The molecule has 56 valence electrons. The SMILES string of the molecule is [2H]C([2H])([2H])C([2H])([2H])N1C(=O)C(=O)NC([2H])([2H])C1([2H])[2H]. The fourth-order valence-electron chi connectivity index (χ4n) is 0.425. The van der Waals surface area contributed by atoms with Gasteiger partial charge in [-0.1, -0.05) is 0 Å². The van der Waals surface area contributed by atoms with Crippen LogP contribution in [0.3, 0.4) is 0 Å². The van der Waals surface area contributed by atoms with E-state index in [2.05, 4.69) is 0 Å². The Hall–Kier alpha value is -1.06. The number of likely N-dealkylation sites (N-methyl/N-ethyl adjacent to an activating group) is 1. The van der Waals surface area contributed by atoms with Gasteiger partial charge >= 0.3 is 11.8 Å². The minimum Gasteiger partial charge on any atom is -0.346 e. The molecule has 4 nitrogen and oxygen atoms in total. The van der Waals surface area contributed by atoms with Crippen molar-refractivity contribution in [3.05, 3.63) is 0 Å². The number of hydrogen-bond donors (Lipinski definition) is 1. The zero-order chi connectivity index (χ0) is 15.4. The van der Waals surface area contributed by atoms with E-state index in [9.17, 15) is 9.59 Å². The van der Waals surface area contributed by atoms with Crippen molar-refractivity contribution >= 4 is 11.8 Å².